The number of ether oxygens (including phenoxy) is 2. The maximum Gasteiger partial charge on any atom is 0.308 e. The van der Waals surface area contributed by atoms with E-state index in [2.05, 4.69) is 0 Å². The van der Waals surface area contributed by atoms with E-state index < -0.39 is 0 Å². The molecule has 0 aromatic heterocycles. The molecule has 0 spiro atoms. The number of carbonyl (C=O) groups is 2. The molecule has 0 aromatic carbocycles. The van der Waals surface area contributed by atoms with Gasteiger partial charge in [-0.3, -0.25) is 9.59 Å². The fourth-order valence-corrected chi connectivity index (χ4v) is 0.593. The first-order chi connectivity index (χ1) is 6.07. The first-order valence-corrected chi connectivity index (χ1v) is 4.23. The minimum atomic E-state index is -0.324. The Kier molecular flexibility index (Phi) is 6.14. The molecular weight excluding hydrogens is 172 g/mol. The van der Waals surface area contributed by atoms with E-state index >= 15 is 0 Å². The zero-order valence-corrected chi connectivity index (χ0v) is 8.33. The number of esters is 1. The van der Waals surface area contributed by atoms with E-state index in [0.29, 0.717) is 6.61 Å². The van der Waals surface area contributed by atoms with E-state index in [-0.39, 0.29) is 30.7 Å². The third-order valence-electron chi connectivity index (χ3n) is 1.70. The first kappa shape index (κ1) is 12.1. The van der Waals surface area contributed by atoms with Crippen LogP contribution in [0.1, 0.15) is 20.3 Å². The summed E-state index contributed by atoms with van der Waals surface area (Å²) in [6, 6.07) is 0. The summed E-state index contributed by atoms with van der Waals surface area (Å²) in [5.74, 6) is -0.513. The Labute approximate surface area is 78.2 Å². The van der Waals surface area contributed by atoms with E-state index in [1.807, 2.05) is 0 Å². The van der Waals surface area contributed by atoms with Crippen LogP contribution in [-0.2, 0) is 19.1 Å². The van der Waals surface area contributed by atoms with Gasteiger partial charge in [-0.2, -0.15) is 0 Å². The number of rotatable bonds is 6. The fraction of sp³-hybridized carbons (Fsp3) is 0.778. The smallest absolute Gasteiger partial charge is 0.308 e. The lowest BCUT2D eigenvalue weighted by Crippen LogP contribution is -2.17. The van der Waals surface area contributed by atoms with Gasteiger partial charge >= 0.3 is 5.97 Å². The monoisotopic (exact) mass is 188 g/mol. The van der Waals surface area contributed by atoms with Crippen molar-refractivity contribution in [2.45, 2.75) is 20.3 Å². The van der Waals surface area contributed by atoms with Gasteiger partial charge in [-0.05, 0) is 6.92 Å². The van der Waals surface area contributed by atoms with Crippen molar-refractivity contribution in [3.63, 3.8) is 0 Å². The van der Waals surface area contributed by atoms with Crippen molar-refractivity contribution < 1.29 is 19.1 Å². The minimum absolute atomic E-state index is 0.0274. The van der Waals surface area contributed by atoms with Crippen molar-refractivity contribution in [3.05, 3.63) is 0 Å². The van der Waals surface area contributed by atoms with Gasteiger partial charge in [-0.1, -0.05) is 6.92 Å². The molecule has 1 unspecified atom stereocenters. The van der Waals surface area contributed by atoms with E-state index in [9.17, 15) is 9.59 Å². The lowest BCUT2D eigenvalue weighted by atomic mass is 10.1. The maximum absolute atomic E-state index is 10.9. The van der Waals surface area contributed by atoms with Gasteiger partial charge in [0.15, 0.2) is 0 Å². The third-order valence-corrected chi connectivity index (χ3v) is 1.70. The van der Waals surface area contributed by atoms with E-state index in [0.717, 1.165) is 0 Å². The van der Waals surface area contributed by atoms with Crippen LogP contribution >= 0.6 is 0 Å². The topological polar surface area (TPSA) is 52.6 Å². The summed E-state index contributed by atoms with van der Waals surface area (Å²) in [5.41, 5.74) is 0. The van der Waals surface area contributed by atoms with E-state index in [4.69, 9.17) is 9.47 Å². The van der Waals surface area contributed by atoms with Gasteiger partial charge in [0.2, 0.25) is 0 Å². The highest BCUT2D eigenvalue weighted by atomic mass is 16.5. The van der Waals surface area contributed by atoms with Gasteiger partial charge in [0.25, 0.3) is 0 Å². The Hall–Kier alpha value is -0.900. The Morgan fingerprint density at radius 2 is 2.00 bits per heavy atom. The van der Waals surface area contributed by atoms with Crippen LogP contribution < -0.4 is 0 Å². The molecule has 0 aliphatic rings. The van der Waals surface area contributed by atoms with Crippen LogP contribution in [0.15, 0.2) is 0 Å². The van der Waals surface area contributed by atoms with Crippen LogP contribution in [0, 0.1) is 5.92 Å². The number of methoxy groups -OCH3 is 1. The number of Topliss-reactive ketones (excluding diaryl/α,β-unsaturated/α-hetero) is 1. The minimum Gasteiger partial charge on any atom is -0.465 e. The van der Waals surface area contributed by atoms with Crippen LogP contribution in [0.2, 0.25) is 0 Å². The molecule has 0 aliphatic heterocycles. The van der Waals surface area contributed by atoms with Gasteiger partial charge in [-0.25, -0.2) is 0 Å². The molecule has 4 nitrogen and oxygen atoms in total. The number of carbonyl (C=O) groups excluding carboxylic acids is 2. The van der Waals surface area contributed by atoms with Crippen molar-refractivity contribution in [1.82, 2.24) is 0 Å². The molecular formula is C9H16O4. The lowest BCUT2D eigenvalue weighted by molar-refractivity contribution is -0.146. The standard InChI is InChI=1S/C9H16O4/c1-7(8(2)10)6-13-9(11)4-5-12-3/h7H,4-6H2,1-3H3. The molecule has 13 heavy (non-hydrogen) atoms. The highest BCUT2D eigenvalue weighted by Crippen LogP contribution is 1.98. The molecule has 0 amide bonds. The summed E-state index contributed by atoms with van der Waals surface area (Å²) >= 11 is 0. The second-order valence-corrected chi connectivity index (χ2v) is 2.94. The maximum atomic E-state index is 10.9. The molecule has 0 saturated carbocycles. The molecule has 1 atom stereocenters. The van der Waals surface area contributed by atoms with Crippen LogP contribution in [0.4, 0.5) is 0 Å². The highest BCUT2D eigenvalue weighted by molar-refractivity contribution is 5.78. The fourth-order valence-electron chi connectivity index (χ4n) is 0.593. The summed E-state index contributed by atoms with van der Waals surface area (Å²) < 4.78 is 9.53. The SMILES string of the molecule is COCCC(=O)OCC(C)C(C)=O. The molecule has 0 bridgehead atoms. The Morgan fingerprint density at radius 3 is 2.46 bits per heavy atom. The molecule has 0 radical (unpaired) electrons. The largest absolute Gasteiger partial charge is 0.465 e. The zero-order valence-electron chi connectivity index (χ0n) is 8.33. The number of ketones is 1. The molecule has 0 fully saturated rings. The molecule has 4 heteroatoms. The molecule has 0 N–H and O–H groups in total. The van der Waals surface area contributed by atoms with Gasteiger partial charge in [-0.15, -0.1) is 0 Å². The predicted molar refractivity (Wildman–Crippen MR) is 47.3 cm³/mol. The van der Waals surface area contributed by atoms with Crippen molar-refractivity contribution in [2.75, 3.05) is 20.3 Å². The quantitative estimate of drug-likeness (QED) is 0.578. The van der Waals surface area contributed by atoms with Gasteiger partial charge < -0.3 is 9.47 Å². The molecule has 0 saturated heterocycles. The third kappa shape index (κ3) is 6.28. The van der Waals surface area contributed by atoms with Crippen LogP contribution in [0.25, 0.3) is 0 Å². The normalized spacial score (nSPS) is 12.2. The summed E-state index contributed by atoms with van der Waals surface area (Å²) in [6.45, 7) is 3.73. The molecule has 0 aromatic rings. The summed E-state index contributed by atoms with van der Waals surface area (Å²) in [5, 5.41) is 0. The van der Waals surface area contributed by atoms with E-state index in [1.165, 1.54) is 14.0 Å². The Balaban J connectivity index is 3.52. The summed E-state index contributed by atoms with van der Waals surface area (Å²) in [4.78, 5) is 21.7. The van der Waals surface area contributed by atoms with Crippen LogP contribution in [-0.4, -0.2) is 32.1 Å². The average Bonchev–Trinajstić information content (AvgIpc) is 2.10. The van der Waals surface area contributed by atoms with Gasteiger partial charge in [0, 0.05) is 13.0 Å². The second kappa shape index (κ2) is 6.60. The van der Waals surface area contributed by atoms with E-state index in [1.54, 1.807) is 6.92 Å². The molecule has 0 aliphatic carbocycles. The molecule has 0 heterocycles. The lowest BCUT2D eigenvalue weighted by Gasteiger charge is -2.08. The first-order valence-electron chi connectivity index (χ1n) is 4.23. The summed E-state index contributed by atoms with van der Waals surface area (Å²) in [7, 11) is 1.52. The second-order valence-electron chi connectivity index (χ2n) is 2.94. The predicted octanol–water partition coefficient (Wildman–Crippen LogP) is 0.791. The summed E-state index contributed by atoms with van der Waals surface area (Å²) in [6.07, 6.45) is 0.237. The van der Waals surface area contributed by atoms with Crippen molar-refractivity contribution in [3.8, 4) is 0 Å². The molecule has 76 valence electrons. The van der Waals surface area contributed by atoms with Gasteiger partial charge in [0.05, 0.1) is 13.0 Å². The van der Waals surface area contributed by atoms with Crippen molar-refractivity contribution in [1.29, 1.82) is 0 Å². The highest BCUT2D eigenvalue weighted by Gasteiger charge is 2.10. The number of hydrogen-bond acceptors (Lipinski definition) is 4. The Bertz CT molecular complexity index is 176. The number of hydrogen-bond donors (Lipinski definition) is 0. The van der Waals surface area contributed by atoms with Crippen LogP contribution in [0.3, 0.4) is 0 Å². The zero-order chi connectivity index (χ0) is 10.3. The van der Waals surface area contributed by atoms with Crippen molar-refractivity contribution in [2.24, 2.45) is 5.92 Å². The Morgan fingerprint density at radius 1 is 1.38 bits per heavy atom. The molecule has 0 rings (SSSR count). The average molecular weight is 188 g/mol. The van der Waals surface area contributed by atoms with Crippen LogP contribution in [0.5, 0.6) is 0 Å². The van der Waals surface area contributed by atoms with Crippen molar-refractivity contribution >= 4 is 11.8 Å². The van der Waals surface area contributed by atoms with Gasteiger partial charge in [0.1, 0.15) is 12.4 Å².